The smallest absolute Gasteiger partial charge is 0.256 e. The maximum absolute atomic E-state index is 12.5. The Morgan fingerprint density at radius 2 is 2.28 bits per heavy atom. The first-order valence-corrected chi connectivity index (χ1v) is 6.77. The number of carbonyl (C=O) groups is 1. The van der Waals surface area contributed by atoms with Gasteiger partial charge in [0.25, 0.3) is 5.91 Å². The Balaban J connectivity index is 2.20. The van der Waals surface area contributed by atoms with Crippen LogP contribution in [-0.4, -0.2) is 23.9 Å². The number of piperidine rings is 1. The quantitative estimate of drug-likeness (QED) is 0.816. The molecule has 1 unspecified atom stereocenters. The van der Waals surface area contributed by atoms with Crippen LogP contribution in [0.3, 0.4) is 0 Å². The van der Waals surface area contributed by atoms with Crippen molar-refractivity contribution in [3.63, 3.8) is 0 Å². The van der Waals surface area contributed by atoms with Crippen LogP contribution in [-0.2, 0) is 0 Å². The number of anilines is 1. The molecule has 1 amide bonds. The van der Waals surface area contributed by atoms with Crippen LogP contribution < -0.4 is 5.73 Å². The van der Waals surface area contributed by atoms with Crippen LogP contribution in [0.1, 0.15) is 42.1 Å². The van der Waals surface area contributed by atoms with Crippen molar-refractivity contribution in [3.05, 3.63) is 29.3 Å². The minimum Gasteiger partial charge on any atom is -0.398 e. The molecular weight excluding hydrogens is 224 g/mol. The lowest BCUT2D eigenvalue weighted by Gasteiger charge is -2.33. The molecule has 2 N–H and O–H groups in total. The number of rotatable bonds is 2. The first-order chi connectivity index (χ1) is 8.63. The van der Waals surface area contributed by atoms with Gasteiger partial charge in [-0.05, 0) is 37.3 Å². The number of nitrogens with zero attached hydrogens (tertiary/aromatic N) is 1. The van der Waals surface area contributed by atoms with Crippen molar-refractivity contribution in [2.24, 2.45) is 5.92 Å². The molecule has 1 saturated heterocycles. The van der Waals surface area contributed by atoms with Gasteiger partial charge in [-0.15, -0.1) is 0 Å². The van der Waals surface area contributed by atoms with Gasteiger partial charge in [0.05, 0.1) is 5.56 Å². The summed E-state index contributed by atoms with van der Waals surface area (Å²) in [6, 6.07) is 5.65. The fraction of sp³-hybridized carbons (Fsp3) is 0.533. The molecular formula is C15H22N2O. The highest BCUT2D eigenvalue weighted by Gasteiger charge is 2.25. The van der Waals surface area contributed by atoms with Crippen LogP contribution in [0.4, 0.5) is 5.69 Å². The number of nitrogens with two attached hydrogens (primary N) is 1. The second kappa shape index (κ2) is 5.42. The molecule has 0 spiro atoms. The Bertz CT molecular complexity index is 422. The second-order valence-corrected chi connectivity index (χ2v) is 5.21. The van der Waals surface area contributed by atoms with E-state index in [2.05, 4.69) is 6.92 Å². The molecule has 1 heterocycles. The van der Waals surface area contributed by atoms with Crippen molar-refractivity contribution in [2.45, 2.75) is 33.1 Å². The molecule has 0 bridgehead atoms. The van der Waals surface area contributed by atoms with Gasteiger partial charge in [0.2, 0.25) is 0 Å². The summed E-state index contributed by atoms with van der Waals surface area (Å²) in [6.45, 7) is 5.89. The third-order valence-electron chi connectivity index (χ3n) is 3.90. The van der Waals surface area contributed by atoms with Crippen LogP contribution in [0.15, 0.2) is 18.2 Å². The lowest BCUT2D eigenvalue weighted by molar-refractivity contribution is 0.0671. The Hall–Kier alpha value is -1.51. The maximum Gasteiger partial charge on any atom is 0.256 e. The third-order valence-corrected chi connectivity index (χ3v) is 3.90. The van der Waals surface area contributed by atoms with Gasteiger partial charge in [0.15, 0.2) is 0 Å². The largest absolute Gasteiger partial charge is 0.398 e. The summed E-state index contributed by atoms with van der Waals surface area (Å²) in [5.41, 5.74) is 8.20. The average Bonchev–Trinajstić information content (AvgIpc) is 2.38. The molecule has 18 heavy (non-hydrogen) atoms. The van der Waals surface area contributed by atoms with E-state index >= 15 is 0 Å². The SMILES string of the molecule is CCC1CCCN(C(=O)c2c(C)cccc2N)C1. The molecule has 1 fully saturated rings. The Kier molecular flexibility index (Phi) is 3.90. The lowest BCUT2D eigenvalue weighted by Crippen LogP contribution is -2.40. The number of benzene rings is 1. The van der Waals surface area contributed by atoms with Gasteiger partial charge in [-0.25, -0.2) is 0 Å². The van der Waals surface area contributed by atoms with Crippen LogP contribution >= 0.6 is 0 Å². The van der Waals surface area contributed by atoms with Gasteiger partial charge in [-0.2, -0.15) is 0 Å². The monoisotopic (exact) mass is 246 g/mol. The van der Waals surface area contributed by atoms with Crippen molar-refractivity contribution in [2.75, 3.05) is 18.8 Å². The molecule has 98 valence electrons. The zero-order valence-electron chi connectivity index (χ0n) is 11.3. The minimum atomic E-state index is 0.101. The van der Waals surface area contributed by atoms with Gasteiger partial charge in [-0.1, -0.05) is 25.5 Å². The summed E-state index contributed by atoms with van der Waals surface area (Å²) in [7, 11) is 0. The predicted molar refractivity (Wildman–Crippen MR) is 74.5 cm³/mol. The highest BCUT2D eigenvalue weighted by Crippen LogP contribution is 2.24. The van der Waals surface area contributed by atoms with E-state index < -0.39 is 0 Å². The summed E-state index contributed by atoms with van der Waals surface area (Å²) >= 11 is 0. The number of nitrogen functional groups attached to an aromatic ring is 1. The molecule has 3 nitrogen and oxygen atoms in total. The zero-order valence-corrected chi connectivity index (χ0v) is 11.3. The van der Waals surface area contributed by atoms with E-state index in [1.165, 1.54) is 6.42 Å². The topological polar surface area (TPSA) is 46.3 Å². The molecule has 1 atom stereocenters. The average molecular weight is 246 g/mol. The van der Waals surface area contributed by atoms with Crippen LogP contribution in [0.5, 0.6) is 0 Å². The van der Waals surface area contributed by atoms with E-state index in [4.69, 9.17) is 5.73 Å². The molecule has 1 aliphatic rings. The minimum absolute atomic E-state index is 0.101. The lowest BCUT2D eigenvalue weighted by atomic mass is 9.94. The van der Waals surface area contributed by atoms with Gasteiger partial charge in [0, 0.05) is 18.8 Å². The summed E-state index contributed by atoms with van der Waals surface area (Å²) in [5, 5.41) is 0. The number of carbonyl (C=O) groups excluding carboxylic acids is 1. The molecule has 1 aromatic rings. The first kappa shape index (κ1) is 12.9. The van der Waals surface area contributed by atoms with E-state index in [1.807, 2.05) is 30.0 Å². The number of likely N-dealkylation sites (tertiary alicyclic amines) is 1. The zero-order chi connectivity index (χ0) is 13.1. The third kappa shape index (κ3) is 2.50. The van der Waals surface area contributed by atoms with E-state index in [1.54, 1.807) is 0 Å². The van der Waals surface area contributed by atoms with E-state index in [0.717, 1.165) is 31.5 Å². The maximum atomic E-state index is 12.5. The van der Waals surface area contributed by atoms with Gasteiger partial charge in [-0.3, -0.25) is 4.79 Å². The van der Waals surface area contributed by atoms with Gasteiger partial charge >= 0.3 is 0 Å². The number of amides is 1. The molecule has 2 rings (SSSR count). The molecule has 0 radical (unpaired) electrons. The molecule has 0 aliphatic carbocycles. The van der Waals surface area contributed by atoms with Gasteiger partial charge in [0.1, 0.15) is 0 Å². The number of hydrogen-bond acceptors (Lipinski definition) is 2. The van der Waals surface area contributed by atoms with Crippen LogP contribution in [0, 0.1) is 12.8 Å². The normalized spacial score (nSPS) is 19.9. The predicted octanol–water partition coefficient (Wildman–Crippen LogP) is 2.84. The van der Waals surface area contributed by atoms with Crippen molar-refractivity contribution in [1.29, 1.82) is 0 Å². The molecule has 1 aliphatic heterocycles. The van der Waals surface area contributed by atoms with Crippen LogP contribution in [0.25, 0.3) is 0 Å². The van der Waals surface area contributed by atoms with Gasteiger partial charge < -0.3 is 10.6 Å². The van der Waals surface area contributed by atoms with Crippen LogP contribution in [0.2, 0.25) is 0 Å². The Morgan fingerprint density at radius 3 is 2.94 bits per heavy atom. The summed E-state index contributed by atoms with van der Waals surface area (Å²) in [4.78, 5) is 14.5. The second-order valence-electron chi connectivity index (χ2n) is 5.21. The standard InChI is InChI=1S/C15H22N2O/c1-3-12-7-5-9-17(10-12)15(18)14-11(2)6-4-8-13(14)16/h4,6,8,12H,3,5,7,9-10,16H2,1-2H3. The highest BCUT2D eigenvalue weighted by atomic mass is 16.2. The molecule has 0 aromatic heterocycles. The summed E-state index contributed by atoms with van der Waals surface area (Å²) in [5.74, 6) is 0.747. The van der Waals surface area contributed by atoms with Crippen molar-refractivity contribution < 1.29 is 4.79 Å². The van der Waals surface area contributed by atoms with Crippen molar-refractivity contribution in [3.8, 4) is 0 Å². The Labute approximate surface area is 109 Å². The van der Waals surface area contributed by atoms with Crippen molar-refractivity contribution in [1.82, 2.24) is 4.90 Å². The van der Waals surface area contributed by atoms with E-state index in [9.17, 15) is 4.79 Å². The number of aryl methyl sites for hydroxylation is 1. The summed E-state index contributed by atoms with van der Waals surface area (Å²) < 4.78 is 0. The summed E-state index contributed by atoms with van der Waals surface area (Å²) in [6.07, 6.45) is 3.49. The molecule has 1 aromatic carbocycles. The fourth-order valence-corrected chi connectivity index (χ4v) is 2.72. The first-order valence-electron chi connectivity index (χ1n) is 6.77. The van der Waals surface area contributed by atoms with E-state index in [-0.39, 0.29) is 5.91 Å². The van der Waals surface area contributed by atoms with Crippen molar-refractivity contribution >= 4 is 11.6 Å². The van der Waals surface area contributed by atoms with E-state index in [0.29, 0.717) is 17.2 Å². The highest BCUT2D eigenvalue weighted by molar-refractivity contribution is 6.00. The fourth-order valence-electron chi connectivity index (χ4n) is 2.72. The molecule has 3 heteroatoms. The Morgan fingerprint density at radius 1 is 1.50 bits per heavy atom. The molecule has 0 saturated carbocycles. The number of hydrogen-bond donors (Lipinski definition) is 1.